The van der Waals surface area contributed by atoms with Crippen LogP contribution in [0.15, 0.2) is 12.4 Å². The zero-order valence-corrected chi connectivity index (χ0v) is 13.8. The first-order valence-corrected chi connectivity index (χ1v) is 7.92. The Hall–Kier alpha value is -1.61. The van der Waals surface area contributed by atoms with Crippen molar-refractivity contribution in [1.82, 2.24) is 19.8 Å². The molecule has 0 radical (unpaired) electrons. The molecule has 1 fully saturated rings. The molecule has 1 aliphatic rings. The number of hydrogen-bond donors (Lipinski definition) is 1. The van der Waals surface area contributed by atoms with Crippen LogP contribution in [0, 0.1) is 0 Å². The monoisotopic (exact) mass is 348 g/mol. The Morgan fingerprint density at radius 2 is 2.33 bits per heavy atom. The maximum atomic E-state index is 12.5. The van der Waals surface area contributed by atoms with Crippen molar-refractivity contribution < 1.29 is 22.7 Å². The van der Waals surface area contributed by atoms with Crippen molar-refractivity contribution in [2.24, 2.45) is 0 Å². The third-order valence-electron chi connectivity index (χ3n) is 4.11. The summed E-state index contributed by atoms with van der Waals surface area (Å²) in [6.45, 7) is 1.95. The molecule has 2 heterocycles. The van der Waals surface area contributed by atoms with Gasteiger partial charge in [-0.3, -0.25) is 9.69 Å². The van der Waals surface area contributed by atoms with Gasteiger partial charge in [0.1, 0.15) is 12.4 Å². The van der Waals surface area contributed by atoms with Crippen LogP contribution in [0.25, 0.3) is 0 Å². The lowest BCUT2D eigenvalue weighted by Gasteiger charge is -2.24. The van der Waals surface area contributed by atoms with Gasteiger partial charge < -0.3 is 14.6 Å². The summed E-state index contributed by atoms with van der Waals surface area (Å²) >= 11 is 0. The fourth-order valence-electron chi connectivity index (χ4n) is 2.56. The highest BCUT2D eigenvalue weighted by atomic mass is 19.4. The first-order chi connectivity index (χ1) is 11.3. The van der Waals surface area contributed by atoms with Gasteiger partial charge in [0.15, 0.2) is 0 Å². The molecule has 9 heteroatoms. The molecule has 0 aliphatic carbocycles. The fraction of sp³-hybridized carbons (Fsp3) is 0.733. The Bertz CT molecular complexity index is 541. The minimum Gasteiger partial charge on any atom is -0.376 e. The van der Waals surface area contributed by atoms with E-state index in [0.717, 1.165) is 24.0 Å². The van der Waals surface area contributed by atoms with E-state index < -0.39 is 18.8 Å². The average Bonchev–Trinajstić information content (AvgIpc) is 3.15. The number of nitrogens with one attached hydrogen (secondary N) is 1. The van der Waals surface area contributed by atoms with Crippen LogP contribution in [0.2, 0.25) is 0 Å². The second kappa shape index (κ2) is 7.98. The normalized spacial score (nSPS) is 19.7. The van der Waals surface area contributed by atoms with Crippen LogP contribution in [-0.4, -0.2) is 58.9 Å². The molecule has 1 aliphatic heterocycles. The van der Waals surface area contributed by atoms with Crippen molar-refractivity contribution in [1.29, 1.82) is 0 Å². The van der Waals surface area contributed by atoms with Crippen LogP contribution in [0.5, 0.6) is 0 Å². The molecular weight excluding hydrogens is 325 g/mol. The molecule has 6 nitrogen and oxygen atoms in total. The second-order valence-corrected chi connectivity index (χ2v) is 6.06. The molecule has 1 saturated heterocycles. The minimum absolute atomic E-state index is 0.0529. The lowest BCUT2D eigenvalue weighted by Crippen LogP contribution is -2.45. The van der Waals surface area contributed by atoms with Crippen molar-refractivity contribution in [3.63, 3.8) is 0 Å². The SMILES string of the molecule is C[C@H](C(=O)NC[C@@H]1CCCO1)N(C)Cc1nccn1CC(F)(F)F. The molecule has 136 valence electrons. The maximum Gasteiger partial charge on any atom is 0.406 e. The number of aromatic nitrogens is 2. The lowest BCUT2D eigenvalue weighted by atomic mass is 10.2. The van der Waals surface area contributed by atoms with Crippen LogP contribution in [0.1, 0.15) is 25.6 Å². The van der Waals surface area contributed by atoms with Gasteiger partial charge in [-0.15, -0.1) is 0 Å². The summed E-state index contributed by atoms with van der Waals surface area (Å²) in [5.41, 5.74) is 0. The zero-order chi connectivity index (χ0) is 17.7. The smallest absolute Gasteiger partial charge is 0.376 e. The Kier molecular flexibility index (Phi) is 6.22. The van der Waals surface area contributed by atoms with Gasteiger partial charge in [0.2, 0.25) is 5.91 Å². The Morgan fingerprint density at radius 3 is 2.96 bits per heavy atom. The topological polar surface area (TPSA) is 59.4 Å². The molecule has 0 aromatic carbocycles. The van der Waals surface area contributed by atoms with Gasteiger partial charge in [0.05, 0.1) is 18.7 Å². The van der Waals surface area contributed by atoms with Crippen molar-refractivity contribution in [2.75, 3.05) is 20.2 Å². The molecule has 24 heavy (non-hydrogen) atoms. The number of ether oxygens (including phenoxy) is 1. The van der Waals surface area contributed by atoms with Crippen molar-refractivity contribution in [2.45, 2.75) is 51.2 Å². The van der Waals surface area contributed by atoms with Crippen LogP contribution in [0.3, 0.4) is 0 Å². The second-order valence-electron chi connectivity index (χ2n) is 6.06. The summed E-state index contributed by atoms with van der Waals surface area (Å²) in [6, 6.07) is -0.484. The number of carbonyl (C=O) groups is 1. The van der Waals surface area contributed by atoms with Gasteiger partial charge in [0, 0.05) is 25.5 Å². The number of halogens is 3. The van der Waals surface area contributed by atoms with Gasteiger partial charge in [-0.25, -0.2) is 4.98 Å². The maximum absolute atomic E-state index is 12.5. The number of alkyl halides is 3. The van der Waals surface area contributed by atoms with Gasteiger partial charge in [0.25, 0.3) is 0 Å². The Morgan fingerprint density at radius 1 is 1.58 bits per heavy atom. The molecule has 0 saturated carbocycles. The minimum atomic E-state index is -4.31. The first kappa shape index (κ1) is 18.7. The third-order valence-corrected chi connectivity index (χ3v) is 4.11. The van der Waals surface area contributed by atoms with Crippen molar-refractivity contribution in [3.8, 4) is 0 Å². The number of carbonyl (C=O) groups excluding carboxylic acids is 1. The summed E-state index contributed by atoms with van der Waals surface area (Å²) in [4.78, 5) is 17.8. The molecule has 2 atom stereocenters. The van der Waals surface area contributed by atoms with Gasteiger partial charge in [-0.1, -0.05) is 0 Å². The molecule has 0 bridgehead atoms. The van der Waals surface area contributed by atoms with Crippen LogP contribution < -0.4 is 5.32 Å². The third kappa shape index (κ3) is 5.48. The fourth-order valence-corrected chi connectivity index (χ4v) is 2.56. The van der Waals surface area contributed by atoms with E-state index in [4.69, 9.17) is 4.74 Å². The number of hydrogen-bond acceptors (Lipinski definition) is 4. The molecule has 0 spiro atoms. The number of imidazole rings is 1. The van der Waals surface area contributed by atoms with Crippen LogP contribution in [-0.2, 0) is 22.6 Å². The molecule has 1 aromatic heterocycles. The van der Waals surface area contributed by atoms with E-state index >= 15 is 0 Å². The number of nitrogens with zero attached hydrogens (tertiary/aromatic N) is 3. The molecule has 1 amide bonds. The Balaban J connectivity index is 1.85. The van der Waals surface area contributed by atoms with E-state index in [0.29, 0.717) is 6.54 Å². The van der Waals surface area contributed by atoms with Crippen LogP contribution in [0.4, 0.5) is 13.2 Å². The highest BCUT2D eigenvalue weighted by molar-refractivity contribution is 5.81. The highest BCUT2D eigenvalue weighted by Gasteiger charge is 2.29. The quantitative estimate of drug-likeness (QED) is 0.812. The molecular formula is C15H23F3N4O2. The summed E-state index contributed by atoms with van der Waals surface area (Å²) in [5, 5.41) is 2.82. The predicted molar refractivity (Wildman–Crippen MR) is 81.2 cm³/mol. The first-order valence-electron chi connectivity index (χ1n) is 7.92. The number of likely N-dealkylation sites (N-methyl/N-ethyl adjacent to an activating group) is 1. The van der Waals surface area contributed by atoms with E-state index in [1.165, 1.54) is 12.4 Å². The van der Waals surface area contributed by atoms with Crippen molar-refractivity contribution >= 4 is 5.91 Å². The summed E-state index contributed by atoms with van der Waals surface area (Å²) in [5.74, 6) is 0.0931. The Labute approximate surface area is 139 Å². The lowest BCUT2D eigenvalue weighted by molar-refractivity contribution is -0.141. The summed E-state index contributed by atoms with van der Waals surface area (Å²) in [6.07, 6.45) is 0.294. The largest absolute Gasteiger partial charge is 0.406 e. The van der Waals surface area contributed by atoms with E-state index in [1.807, 2.05) is 0 Å². The van der Waals surface area contributed by atoms with Crippen molar-refractivity contribution in [3.05, 3.63) is 18.2 Å². The van der Waals surface area contributed by atoms with E-state index in [1.54, 1.807) is 18.9 Å². The van der Waals surface area contributed by atoms with E-state index in [2.05, 4.69) is 10.3 Å². The molecule has 1 aromatic rings. The predicted octanol–water partition coefficient (Wildman–Crippen LogP) is 1.56. The number of amides is 1. The average molecular weight is 348 g/mol. The molecule has 0 unspecified atom stereocenters. The van der Waals surface area contributed by atoms with Gasteiger partial charge in [-0.05, 0) is 26.8 Å². The number of rotatable bonds is 7. The van der Waals surface area contributed by atoms with Gasteiger partial charge in [-0.2, -0.15) is 13.2 Å². The zero-order valence-electron chi connectivity index (χ0n) is 13.8. The highest BCUT2D eigenvalue weighted by Crippen LogP contribution is 2.19. The molecule has 1 N–H and O–H groups in total. The van der Waals surface area contributed by atoms with Gasteiger partial charge >= 0.3 is 6.18 Å². The molecule has 2 rings (SSSR count). The van der Waals surface area contributed by atoms with E-state index in [9.17, 15) is 18.0 Å². The standard InChI is InChI=1S/C15H23F3N4O2/c1-11(14(23)20-8-12-4-3-7-24-12)21(2)9-13-19-5-6-22(13)10-15(16,17)18/h5-6,11-12H,3-4,7-10H2,1-2H3,(H,20,23)/t11-,12+/m1/s1. The van der Waals surface area contributed by atoms with Crippen LogP contribution >= 0.6 is 0 Å². The van der Waals surface area contributed by atoms with E-state index in [-0.39, 0.29) is 24.4 Å². The summed E-state index contributed by atoms with van der Waals surface area (Å²) in [7, 11) is 1.68. The summed E-state index contributed by atoms with van der Waals surface area (Å²) < 4.78 is 44.1.